The van der Waals surface area contributed by atoms with Crippen LogP contribution in [0.4, 0.5) is 0 Å². The molecule has 0 radical (unpaired) electrons. The molecule has 19 heavy (non-hydrogen) atoms. The lowest BCUT2D eigenvalue weighted by Gasteiger charge is -2.13. The van der Waals surface area contributed by atoms with Gasteiger partial charge in [0.1, 0.15) is 0 Å². The van der Waals surface area contributed by atoms with Crippen molar-refractivity contribution in [2.24, 2.45) is 5.92 Å². The molecule has 0 spiro atoms. The molecule has 1 atom stereocenters. The third-order valence-corrected chi connectivity index (χ3v) is 4.70. The van der Waals surface area contributed by atoms with Crippen molar-refractivity contribution in [1.82, 2.24) is 5.32 Å². The van der Waals surface area contributed by atoms with Crippen LogP contribution in [0.5, 0.6) is 0 Å². The Hall–Kier alpha value is -1.57. The second kappa shape index (κ2) is 4.22. The summed E-state index contributed by atoms with van der Waals surface area (Å²) in [5.74, 6) is 1.09. The number of carbonyl (C=O) groups is 1. The molecule has 0 heterocycles. The van der Waals surface area contributed by atoms with Gasteiger partial charge in [-0.05, 0) is 48.1 Å². The number of benzene rings is 1. The van der Waals surface area contributed by atoms with E-state index in [0.29, 0.717) is 11.8 Å². The molecule has 0 saturated heterocycles. The summed E-state index contributed by atoms with van der Waals surface area (Å²) in [5.41, 5.74) is 3.07. The maximum absolute atomic E-state index is 11.8. The summed E-state index contributed by atoms with van der Waals surface area (Å²) in [6.45, 7) is 0.815. The lowest BCUT2D eigenvalue weighted by Crippen LogP contribution is -2.32. The number of hydrogen-bond acceptors (Lipinski definition) is 1. The van der Waals surface area contributed by atoms with Crippen LogP contribution < -0.4 is 15.8 Å². The first-order valence-electron chi connectivity index (χ1n) is 7.42. The molecule has 1 unspecified atom stereocenters. The molecule has 0 aromatic heterocycles. The summed E-state index contributed by atoms with van der Waals surface area (Å²) >= 11 is 0. The van der Waals surface area contributed by atoms with Crippen molar-refractivity contribution in [3.63, 3.8) is 0 Å². The summed E-state index contributed by atoms with van der Waals surface area (Å²) in [4.78, 5) is 11.8. The van der Waals surface area contributed by atoms with Crippen LogP contribution in [0.15, 0.2) is 18.2 Å². The van der Waals surface area contributed by atoms with E-state index in [1.807, 2.05) is 0 Å². The molecule has 3 aliphatic carbocycles. The smallest absolute Gasteiger partial charge is 0.223 e. The first-order chi connectivity index (χ1) is 9.33. The van der Waals surface area contributed by atoms with Gasteiger partial charge in [0, 0.05) is 18.4 Å². The maximum atomic E-state index is 11.8. The van der Waals surface area contributed by atoms with Crippen LogP contribution in [0.3, 0.4) is 0 Å². The van der Waals surface area contributed by atoms with Gasteiger partial charge in [-0.15, -0.1) is 0 Å². The van der Waals surface area contributed by atoms with Gasteiger partial charge < -0.3 is 5.32 Å². The Morgan fingerprint density at radius 2 is 2.21 bits per heavy atom. The summed E-state index contributed by atoms with van der Waals surface area (Å²) in [6, 6.07) is 6.64. The van der Waals surface area contributed by atoms with Gasteiger partial charge >= 0.3 is 0 Å². The Bertz CT molecular complexity index is 654. The summed E-state index contributed by atoms with van der Waals surface area (Å²) < 4.78 is 0. The van der Waals surface area contributed by atoms with Gasteiger partial charge in [-0.25, -0.2) is 0 Å². The molecule has 0 aliphatic heterocycles. The zero-order valence-electron chi connectivity index (χ0n) is 11.1. The van der Waals surface area contributed by atoms with E-state index in [0.717, 1.165) is 25.8 Å². The van der Waals surface area contributed by atoms with Gasteiger partial charge in [-0.1, -0.05) is 29.8 Å². The van der Waals surface area contributed by atoms with E-state index in [2.05, 4.69) is 29.6 Å². The average Bonchev–Trinajstić information content (AvgIpc) is 3.22. The van der Waals surface area contributed by atoms with E-state index >= 15 is 0 Å². The highest BCUT2D eigenvalue weighted by Gasteiger charge is 2.31. The lowest BCUT2D eigenvalue weighted by atomic mass is 9.99. The third-order valence-electron chi connectivity index (χ3n) is 4.70. The lowest BCUT2D eigenvalue weighted by molar-refractivity contribution is -0.122. The SMILES string of the molecule is O=C(NCC1CC2=c3c1cccc3=CCC2)C1CC1. The van der Waals surface area contributed by atoms with Crippen molar-refractivity contribution < 1.29 is 4.79 Å². The molecule has 4 rings (SSSR count). The predicted molar refractivity (Wildman–Crippen MR) is 75.9 cm³/mol. The van der Waals surface area contributed by atoms with Crippen LogP contribution in [0.25, 0.3) is 11.6 Å². The second-order valence-corrected chi connectivity index (χ2v) is 6.08. The molecule has 1 aromatic carbocycles. The molecule has 1 saturated carbocycles. The van der Waals surface area contributed by atoms with Crippen LogP contribution in [-0.4, -0.2) is 12.5 Å². The van der Waals surface area contributed by atoms with Gasteiger partial charge in [-0.2, -0.15) is 0 Å². The van der Waals surface area contributed by atoms with E-state index in [-0.39, 0.29) is 5.91 Å². The highest BCUT2D eigenvalue weighted by Crippen LogP contribution is 2.32. The summed E-state index contributed by atoms with van der Waals surface area (Å²) in [7, 11) is 0. The van der Waals surface area contributed by atoms with Crippen LogP contribution in [0, 0.1) is 5.92 Å². The van der Waals surface area contributed by atoms with Crippen LogP contribution in [-0.2, 0) is 4.79 Å². The molecular formula is C17H19NO. The Morgan fingerprint density at radius 1 is 1.32 bits per heavy atom. The molecule has 98 valence electrons. The Labute approximate surface area is 113 Å². The van der Waals surface area contributed by atoms with Crippen molar-refractivity contribution in [1.29, 1.82) is 0 Å². The summed E-state index contributed by atoms with van der Waals surface area (Å²) in [5, 5.41) is 6.06. The van der Waals surface area contributed by atoms with E-state index in [1.165, 1.54) is 28.8 Å². The Morgan fingerprint density at radius 3 is 3.05 bits per heavy atom. The van der Waals surface area contributed by atoms with Crippen molar-refractivity contribution in [3.05, 3.63) is 34.2 Å². The Kier molecular flexibility index (Phi) is 2.51. The molecule has 3 aliphatic rings. The molecule has 0 bridgehead atoms. The minimum Gasteiger partial charge on any atom is -0.355 e. The van der Waals surface area contributed by atoms with E-state index in [1.54, 1.807) is 5.57 Å². The fraction of sp³-hybridized carbons (Fsp3) is 0.471. The van der Waals surface area contributed by atoms with E-state index in [4.69, 9.17) is 0 Å². The number of hydrogen-bond donors (Lipinski definition) is 1. The van der Waals surface area contributed by atoms with Crippen molar-refractivity contribution in [2.75, 3.05) is 6.54 Å². The molecule has 1 amide bonds. The van der Waals surface area contributed by atoms with Gasteiger partial charge in [0.15, 0.2) is 0 Å². The summed E-state index contributed by atoms with van der Waals surface area (Å²) in [6.07, 6.45) is 8.05. The van der Waals surface area contributed by atoms with Gasteiger partial charge in [0.05, 0.1) is 0 Å². The molecular weight excluding hydrogens is 234 g/mol. The first kappa shape index (κ1) is 11.3. The molecule has 1 fully saturated rings. The number of amides is 1. The van der Waals surface area contributed by atoms with Crippen LogP contribution in [0.2, 0.25) is 0 Å². The fourth-order valence-corrected chi connectivity index (χ4v) is 3.54. The number of nitrogens with one attached hydrogen (secondary N) is 1. The number of rotatable bonds is 3. The molecule has 1 aromatic rings. The quantitative estimate of drug-likeness (QED) is 0.867. The van der Waals surface area contributed by atoms with Crippen molar-refractivity contribution in [3.8, 4) is 0 Å². The molecule has 2 nitrogen and oxygen atoms in total. The fourth-order valence-electron chi connectivity index (χ4n) is 3.54. The van der Waals surface area contributed by atoms with Gasteiger partial charge in [-0.3, -0.25) is 4.79 Å². The monoisotopic (exact) mass is 253 g/mol. The minimum atomic E-state index is 0.271. The molecule has 1 N–H and O–H groups in total. The molecule has 2 heteroatoms. The van der Waals surface area contributed by atoms with Crippen LogP contribution in [0.1, 0.15) is 43.6 Å². The second-order valence-electron chi connectivity index (χ2n) is 6.08. The highest BCUT2D eigenvalue weighted by molar-refractivity contribution is 5.81. The Balaban J connectivity index is 1.59. The van der Waals surface area contributed by atoms with Crippen LogP contribution >= 0.6 is 0 Å². The highest BCUT2D eigenvalue weighted by atomic mass is 16.2. The first-order valence-corrected chi connectivity index (χ1v) is 7.42. The third kappa shape index (κ3) is 1.90. The van der Waals surface area contributed by atoms with E-state index < -0.39 is 0 Å². The van der Waals surface area contributed by atoms with Gasteiger partial charge in [0.2, 0.25) is 5.91 Å². The average molecular weight is 253 g/mol. The van der Waals surface area contributed by atoms with E-state index in [9.17, 15) is 4.79 Å². The predicted octanol–water partition coefficient (Wildman–Crippen LogP) is 1.43. The standard InChI is InChI=1S/C17H19NO/c19-17(12-7-8-12)18-10-14-9-13-5-1-3-11-4-2-6-15(14)16(11)13/h2-4,6,12,14H,1,5,7-10H2,(H,18,19). The minimum absolute atomic E-state index is 0.271. The zero-order valence-corrected chi connectivity index (χ0v) is 11.1. The topological polar surface area (TPSA) is 29.1 Å². The zero-order chi connectivity index (χ0) is 12.8. The maximum Gasteiger partial charge on any atom is 0.223 e. The number of carbonyl (C=O) groups excluding carboxylic acids is 1. The van der Waals surface area contributed by atoms with Crippen molar-refractivity contribution in [2.45, 2.75) is 38.0 Å². The largest absolute Gasteiger partial charge is 0.355 e. The normalized spacial score (nSPS) is 23.8. The van der Waals surface area contributed by atoms with Gasteiger partial charge in [0.25, 0.3) is 0 Å². The van der Waals surface area contributed by atoms with Crippen molar-refractivity contribution >= 4 is 17.6 Å².